The average molecular weight is 294 g/mol. The highest BCUT2D eigenvalue weighted by molar-refractivity contribution is 5.95. The first-order valence-corrected chi connectivity index (χ1v) is 6.60. The minimum absolute atomic E-state index is 0.176. The number of methoxy groups -OCH3 is 1. The summed E-state index contributed by atoms with van der Waals surface area (Å²) in [4.78, 5) is 24.5. The van der Waals surface area contributed by atoms with Crippen LogP contribution in [0.4, 0.5) is 11.4 Å². The molecule has 8 heteroatoms. The van der Waals surface area contributed by atoms with Gasteiger partial charge in [-0.05, 0) is 18.6 Å². The summed E-state index contributed by atoms with van der Waals surface area (Å²) in [5.74, 6) is 5.33. The van der Waals surface area contributed by atoms with Gasteiger partial charge in [-0.25, -0.2) is 0 Å². The van der Waals surface area contributed by atoms with E-state index in [4.69, 9.17) is 10.6 Å². The summed E-state index contributed by atoms with van der Waals surface area (Å²) in [6.45, 7) is 1.86. The van der Waals surface area contributed by atoms with E-state index in [1.807, 2.05) is 0 Å². The van der Waals surface area contributed by atoms with Crippen molar-refractivity contribution >= 4 is 17.3 Å². The number of likely N-dealkylation sites (tertiary alicyclic amines) is 1. The van der Waals surface area contributed by atoms with Crippen LogP contribution in [0, 0.1) is 16.0 Å². The summed E-state index contributed by atoms with van der Waals surface area (Å²) in [7, 11) is 1.63. The van der Waals surface area contributed by atoms with Gasteiger partial charge in [0, 0.05) is 37.7 Å². The molecule has 0 aromatic heterocycles. The van der Waals surface area contributed by atoms with E-state index in [2.05, 4.69) is 5.43 Å². The van der Waals surface area contributed by atoms with Gasteiger partial charge in [0.1, 0.15) is 5.69 Å². The molecule has 1 aromatic rings. The zero-order valence-corrected chi connectivity index (χ0v) is 11.7. The lowest BCUT2D eigenvalue weighted by molar-refractivity contribution is -0.384. The number of carbonyl (C=O) groups is 1. The zero-order chi connectivity index (χ0) is 15.4. The van der Waals surface area contributed by atoms with Crippen molar-refractivity contribution in [2.75, 3.05) is 32.2 Å². The zero-order valence-electron chi connectivity index (χ0n) is 11.7. The van der Waals surface area contributed by atoms with Gasteiger partial charge in [-0.15, -0.1) is 0 Å². The Bertz CT molecular complexity index is 549. The minimum atomic E-state index is -0.566. The summed E-state index contributed by atoms with van der Waals surface area (Å²) in [5.41, 5.74) is 2.51. The third-order valence-corrected chi connectivity index (χ3v) is 3.57. The minimum Gasteiger partial charge on any atom is -0.384 e. The van der Waals surface area contributed by atoms with Crippen molar-refractivity contribution in [1.29, 1.82) is 0 Å². The molecule has 0 aliphatic carbocycles. The van der Waals surface area contributed by atoms with Crippen molar-refractivity contribution in [1.82, 2.24) is 4.90 Å². The molecule has 0 saturated carbocycles. The molecule has 0 bridgehead atoms. The Morgan fingerprint density at radius 2 is 2.38 bits per heavy atom. The predicted octanol–water partition coefficient (Wildman–Crippen LogP) is 0.989. The number of hydrogen-bond donors (Lipinski definition) is 2. The Labute approximate surface area is 122 Å². The molecule has 1 aliphatic heterocycles. The number of rotatable bonds is 5. The second kappa shape index (κ2) is 6.51. The standard InChI is InChI=1S/C13H18N4O4/c1-21-8-9-4-5-16(7-9)13(18)10-2-3-11(15-14)12(6-10)17(19)20/h2-3,6,9,15H,4-5,7-8,14H2,1H3. The van der Waals surface area contributed by atoms with Crippen LogP contribution in [-0.2, 0) is 4.74 Å². The Morgan fingerprint density at radius 1 is 1.62 bits per heavy atom. The molecule has 1 atom stereocenters. The third kappa shape index (κ3) is 3.29. The highest BCUT2D eigenvalue weighted by Gasteiger charge is 2.28. The molecular weight excluding hydrogens is 276 g/mol. The van der Waals surface area contributed by atoms with Crippen molar-refractivity contribution in [3.05, 3.63) is 33.9 Å². The van der Waals surface area contributed by atoms with E-state index >= 15 is 0 Å². The molecular formula is C13H18N4O4. The molecule has 2 rings (SSSR count). The quantitative estimate of drug-likeness (QED) is 0.476. The number of ether oxygens (including phenoxy) is 1. The summed E-state index contributed by atoms with van der Waals surface area (Å²) in [5, 5.41) is 11.0. The van der Waals surface area contributed by atoms with Crippen LogP contribution in [0.25, 0.3) is 0 Å². The molecule has 8 nitrogen and oxygen atoms in total. The summed E-state index contributed by atoms with van der Waals surface area (Å²) < 4.78 is 5.09. The van der Waals surface area contributed by atoms with E-state index in [1.54, 1.807) is 12.0 Å². The number of nitrogens with zero attached hydrogens (tertiary/aromatic N) is 2. The molecule has 0 spiro atoms. The van der Waals surface area contributed by atoms with Crippen LogP contribution >= 0.6 is 0 Å². The van der Waals surface area contributed by atoms with Gasteiger partial charge in [0.25, 0.3) is 11.6 Å². The molecule has 3 N–H and O–H groups in total. The predicted molar refractivity (Wildman–Crippen MR) is 76.8 cm³/mol. The number of anilines is 1. The Hall–Kier alpha value is -2.19. The third-order valence-electron chi connectivity index (χ3n) is 3.57. The summed E-state index contributed by atoms with van der Waals surface area (Å²) in [6.07, 6.45) is 0.879. The van der Waals surface area contributed by atoms with Gasteiger partial charge in [0.15, 0.2) is 0 Å². The van der Waals surface area contributed by atoms with Gasteiger partial charge in [-0.2, -0.15) is 0 Å². The van der Waals surface area contributed by atoms with E-state index in [1.165, 1.54) is 18.2 Å². The highest BCUT2D eigenvalue weighted by Crippen LogP contribution is 2.26. The number of nitrogens with two attached hydrogens (primary N) is 1. The summed E-state index contributed by atoms with van der Waals surface area (Å²) >= 11 is 0. The van der Waals surface area contributed by atoms with E-state index in [9.17, 15) is 14.9 Å². The first-order chi connectivity index (χ1) is 10.1. The molecule has 1 saturated heterocycles. The lowest BCUT2D eigenvalue weighted by atomic mass is 10.1. The van der Waals surface area contributed by atoms with Gasteiger partial charge in [-0.3, -0.25) is 20.8 Å². The number of nitro benzene ring substituents is 1. The maximum absolute atomic E-state index is 12.4. The SMILES string of the molecule is COCC1CCN(C(=O)c2ccc(NN)c([N+](=O)[O-])c2)C1. The van der Waals surface area contributed by atoms with Crippen molar-refractivity contribution in [3.63, 3.8) is 0 Å². The summed E-state index contributed by atoms with van der Waals surface area (Å²) in [6, 6.07) is 4.23. The second-order valence-electron chi connectivity index (χ2n) is 4.99. The van der Waals surface area contributed by atoms with Crippen molar-refractivity contribution < 1.29 is 14.5 Å². The number of nitro groups is 1. The fourth-order valence-electron chi connectivity index (χ4n) is 2.51. The largest absolute Gasteiger partial charge is 0.384 e. The van der Waals surface area contributed by atoms with Crippen molar-refractivity contribution in [2.24, 2.45) is 11.8 Å². The normalized spacial score (nSPS) is 17.8. The number of hydrogen-bond acceptors (Lipinski definition) is 6. The molecule has 1 fully saturated rings. The van der Waals surface area contributed by atoms with Crippen LogP contribution in [0.5, 0.6) is 0 Å². The highest BCUT2D eigenvalue weighted by atomic mass is 16.6. The van der Waals surface area contributed by atoms with Crippen molar-refractivity contribution in [2.45, 2.75) is 6.42 Å². The number of carbonyl (C=O) groups excluding carboxylic acids is 1. The first kappa shape index (κ1) is 15.2. The number of benzene rings is 1. The second-order valence-corrected chi connectivity index (χ2v) is 4.99. The van der Waals surface area contributed by atoms with Crippen LogP contribution in [0.2, 0.25) is 0 Å². The molecule has 0 radical (unpaired) electrons. The van der Waals surface area contributed by atoms with Crippen LogP contribution in [-0.4, -0.2) is 42.5 Å². The van der Waals surface area contributed by atoms with Gasteiger partial charge >= 0.3 is 0 Å². The topological polar surface area (TPSA) is 111 Å². The number of amides is 1. The van der Waals surface area contributed by atoms with E-state index in [0.717, 1.165) is 6.42 Å². The maximum atomic E-state index is 12.4. The molecule has 1 amide bonds. The lowest BCUT2D eigenvalue weighted by Gasteiger charge is -2.16. The molecule has 1 aromatic carbocycles. The number of hydrazine groups is 1. The molecule has 114 valence electrons. The van der Waals surface area contributed by atoms with Gasteiger partial charge in [0.2, 0.25) is 0 Å². The smallest absolute Gasteiger partial charge is 0.294 e. The van der Waals surface area contributed by atoms with Gasteiger partial charge < -0.3 is 15.1 Å². The number of nitrogen functional groups attached to an aromatic ring is 1. The molecule has 21 heavy (non-hydrogen) atoms. The first-order valence-electron chi connectivity index (χ1n) is 6.60. The molecule has 1 heterocycles. The van der Waals surface area contributed by atoms with Gasteiger partial charge in [0.05, 0.1) is 11.5 Å². The van der Waals surface area contributed by atoms with E-state index < -0.39 is 4.92 Å². The maximum Gasteiger partial charge on any atom is 0.294 e. The lowest BCUT2D eigenvalue weighted by Crippen LogP contribution is -2.29. The van der Waals surface area contributed by atoms with Crippen LogP contribution in [0.15, 0.2) is 18.2 Å². The Morgan fingerprint density at radius 3 is 3.00 bits per heavy atom. The van der Waals surface area contributed by atoms with Crippen molar-refractivity contribution in [3.8, 4) is 0 Å². The Balaban J connectivity index is 2.17. The Kier molecular flexibility index (Phi) is 4.71. The van der Waals surface area contributed by atoms with E-state index in [0.29, 0.717) is 31.2 Å². The van der Waals surface area contributed by atoms with Crippen LogP contribution < -0.4 is 11.3 Å². The number of nitrogens with one attached hydrogen (secondary N) is 1. The molecule has 1 unspecified atom stereocenters. The van der Waals surface area contributed by atoms with Crippen LogP contribution in [0.1, 0.15) is 16.8 Å². The van der Waals surface area contributed by atoms with Crippen LogP contribution in [0.3, 0.4) is 0 Å². The molecule has 1 aliphatic rings. The monoisotopic (exact) mass is 294 g/mol. The van der Waals surface area contributed by atoms with Gasteiger partial charge in [-0.1, -0.05) is 0 Å². The fourth-order valence-corrected chi connectivity index (χ4v) is 2.51. The van der Waals surface area contributed by atoms with E-state index in [-0.39, 0.29) is 17.3 Å². The fraction of sp³-hybridized carbons (Fsp3) is 0.462. The average Bonchev–Trinajstić information content (AvgIpc) is 2.94.